The van der Waals surface area contributed by atoms with Crippen LogP contribution in [0.15, 0.2) is 36.4 Å². The molecule has 2 saturated carbocycles. The summed E-state index contributed by atoms with van der Waals surface area (Å²) >= 11 is 0. The molecular weight excluding hydrogens is 430 g/mol. The van der Waals surface area contributed by atoms with Crippen LogP contribution in [0.25, 0.3) is 0 Å². The molecule has 2 aliphatic heterocycles. The van der Waals surface area contributed by atoms with Crippen molar-refractivity contribution in [2.75, 3.05) is 18.1 Å². The SMILES string of the molecule is CC=S(C)C1CC(O)CC(c2ccc(C3CC3)c(Cc3ccc4c(c3)NCC3(CC3)O4)c2)O1. The van der Waals surface area contributed by atoms with Crippen molar-refractivity contribution < 1.29 is 14.6 Å². The summed E-state index contributed by atoms with van der Waals surface area (Å²) in [4.78, 5) is 0. The van der Waals surface area contributed by atoms with Crippen LogP contribution in [0.4, 0.5) is 5.69 Å². The summed E-state index contributed by atoms with van der Waals surface area (Å²) in [5.74, 6) is 1.70. The minimum Gasteiger partial charge on any atom is -0.483 e. The Balaban J connectivity index is 1.27. The molecule has 33 heavy (non-hydrogen) atoms. The number of anilines is 1. The van der Waals surface area contributed by atoms with Gasteiger partial charge in [-0.25, -0.2) is 0 Å². The van der Waals surface area contributed by atoms with Crippen LogP contribution in [0.3, 0.4) is 0 Å². The van der Waals surface area contributed by atoms with E-state index in [0.717, 1.165) is 43.7 Å². The van der Waals surface area contributed by atoms with Crippen LogP contribution in [0.5, 0.6) is 5.75 Å². The number of aliphatic hydroxyl groups excluding tert-OH is 1. The third-order valence-electron chi connectivity index (χ3n) is 7.78. The minimum absolute atomic E-state index is 0.0333. The number of nitrogens with one attached hydrogen (secondary N) is 1. The van der Waals surface area contributed by atoms with E-state index in [9.17, 15) is 5.11 Å². The highest BCUT2D eigenvalue weighted by molar-refractivity contribution is 8.14. The monoisotopic (exact) mass is 465 g/mol. The quantitative estimate of drug-likeness (QED) is 0.552. The van der Waals surface area contributed by atoms with Crippen molar-refractivity contribution in [1.29, 1.82) is 0 Å². The van der Waals surface area contributed by atoms with Crippen LogP contribution >= 0.6 is 10.5 Å². The third-order valence-corrected chi connectivity index (χ3v) is 9.66. The molecule has 176 valence electrons. The van der Waals surface area contributed by atoms with E-state index in [1.54, 1.807) is 0 Å². The summed E-state index contributed by atoms with van der Waals surface area (Å²) in [6.45, 7) is 3.01. The summed E-state index contributed by atoms with van der Waals surface area (Å²) < 4.78 is 12.8. The van der Waals surface area contributed by atoms with Gasteiger partial charge in [0.25, 0.3) is 0 Å². The van der Waals surface area contributed by atoms with E-state index in [1.165, 1.54) is 35.1 Å². The number of fused-ring (bicyclic) bond motifs is 1. The van der Waals surface area contributed by atoms with Gasteiger partial charge in [-0.2, -0.15) is 10.5 Å². The lowest BCUT2D eigenvalue weighted by Crippen LogP contribution is -2.32. The Morgan fingerprint density at radius 1 is 1.15 bits per heavy atom. The highest BCUT2D eigenvalue weighted by Crippen LogP contribution is 2.47. The van der Waals surface area contributed by atoms with Crippen molar-refractivity contribution in [3.8, 4) is 5.75 Å². The molecule has 4 nitrogen and oxygen atoms in total. The zero-order chi connectivity index (χ0) is 22.6. The Bertz CT molecular complexity index is 1090. The van der Waals surface area contributed by atoms with Crippen molar-refractivity contribution in [3.05, 3.63) is 58.7 Å². The van der Waals surface area contributed by atoms with Gasteiger partial charge in [-0.05, 0) is 85.6 Å². The van der Waals surface area contributed by atoms with Gasteiger partial charge in [0.05, 0.1) is 24.4 Å². The molecule has 2 N–H and O–H groups in total. The highest BCUT2D eigenvalue weighted by atomic mass is 32.2. The second kappa shape index (κ2) is 8.44. The number of hydrogen-bond donors (Lipinski definition) is 2. The van der Waals surface area contributed by atoms with Crippen LogP contribution in [-0.4, -0.2) is 40.4 Å². The van der Waals surface area contributed by atoms with Crippen LogP contribution in [-0.2, 0) is 11.2 Å². The molecule has 2 aromatic carbocycles. The predicted octanol–water partition coefficient (Wildman–Crippen LogP) is 5.75. The summed E-state index contributed by atoms with van der Waals surface area (Å²) in [5.41, 5.74) is 6.72. The highest BCUT2D eigenvalue weighted by Gasteiger charge is 2.47. The zero-order valence-corrected chi connectivity index (χ0v) is 20.5. The van der Waals surface area contributed by atoms with Crippen molar-refractivity contribution in [1.82, 2.24) is 0 Å². The lowest BCUT2D eigenvalue weighted by molar-refractivity contribution is -0.0607. The maximum absolute atomic E-state index is 10.6. The van der Waals surface area contributed by atoms with Gasteiger partial charge >= 0.3 is 0 Å². The number of hydrogen-bond acceptors (Lipinski definition) is 4. The van der Waals surface area contributed by atoms with Gasteiger partial charge < -0.3 is 19.9 Å². The first-order chi connectivity index (χ1) is 16.0. The van der Waals surface area contributed by atoms with Gasteiger partial charge in [0.1, 0.15) is 16.8 Å². The molecule has 1 saturated heterocycles. The lowest BCUT2D eigenvalue weighted by Gasteiger charge is -2.34. The van der Waals surface area contributed by atoms with E-state index in [-0.39, 0.29) is 33.7 Å². The first-order valence-electron chi connectivity index (χ1n) is 12.5. The average Bonchev–Trinajstić information content (AvgIpc) is 3.76. The van der Waals surface area contributed by atoms with Crippen molar-refractivity contribution >= 4 is 21.5 Å². The number of aliphatic hydroxyl groups is 1. The minimum atomic E-state index is -0.295. The summed E-state index contributed by atoms with van der Waals surface area (Å²) in [6, 6.07) is 13.6. The average molecular weight is 466 g/mol. The van der Waals surface area contributed by atoms with Crippen LogP contribution in [0.1, 0.15) is 79.7 Å². The topological polar surface area (TPSA) is 50.7 Å². The second-order valence-corrected chi connectivity index (χ2v) is 12.6. The summed E-state index contributed by atoms with van der Waals surface area (Å²) in [6.07, 6.45) is 9.12. The fraction of sp³-hybridized carbons (Fsp3) is 0.536. The normalized spacial score (nSPS) is 28.6. The molecule has 2 aromatic rings. The first-order valence-corrected chi connectivity index (χ1v) is 14.2. The molecule has 1 spiro atoms. The van der Waals surface area contributed by atoms with Crippen molar-refractivity contribution in [2.45, 2.75) is 81.0 Å². The van der Waals surface area contributed by atoms with Crippen LogP contribution in [0, 0.1) is 0 Å². The molecule has 0 amide bonds. The number of benzene rings is 2. The van der Waals surface area contributed by atoms with Gasteiger partial charge in [-0.1, -0.05) is 29.6 Å². The van der Waals surface area contributed by atoms with Crippen LogP contribution < -0.4 is 10.1 Å². The molecule has 3 fully saturated rings. The van der Waals surface area contributed by atoms with Gasteiger partial charge in [0.15, 0.2) is 0 Å². The van der Waals surface area contributed by atoms with Gasteiger partial charge in [-0.15, -0.1) is 0 Å². The molecule has 6 rings (SSSR count). The van der Waals surface area contributed by atoms with Gasteiger partial charge in [0, 0.05) is 12.8 Å². The van der Waals surface area contributed by atoms with Crippen molar-refractivity contribution in [2.24, 2.45) is 0 Å². The molecule has 4 unspecified atom stereocenters. The molecule has 5 heteroatoms. The van der Waals surface area contributed by atoms with E-state index < -0.39 is 0 Å². The molecule has 2 heterocycles. The maximum Gasteiger partial charge on any atom is 0.143 e. The summed E-state index contributed by atoms with van der Waals surface area (Å²) in [5, 5.41) is 16.4. The first kappa shape index (κ1) is 21.7. The fourth-order valence-corrected chi connectivity index (χ4v) is 6.45. The standard InChI is InChI=1S/C28H35NO3S/c1-3-33(2)27-16-22(30)15-26(31-27)20-7-8-23(19-5-6-19)21(14-20)12-18-4-9-25-24(13-18)29-17-28(32-25)10-11-28/h3-4,7-9,13-14,19,22,26-27,29-30H,5-6,10-12,15-17H2,1-2H3. The maximum atomic E-state index is 10.6. The van der Waals surface area contributed by atoms with Gasteiger partial charge in [0.2, 0.25) is 0 Å². The Kier molecular flexibility index (Phi) is 5.55. The third kappa shape index (κ3) is 4.48. The number of rotatable bonds is 5. The molecule has 2 aliphatic carbocycles. The number of ether oxygens (including phenoxy) is 2. The predicted molar refractivity (Wildman–Crippen MR) is 137 cm³/mol. The Morgan fingerprint density at radius 3 is 2.76 bits per heavy atom. The second-order valence-electron chi connectivity index (χ2n) is 10.4. The van der Waals surface area contributed by atoms with E-state index in [1.807, 2.05) is 0 Å². The molecule has 4 aliphatic rings. The lowest BCUT2D eigenvalue weighted by atomic mass is 9.91. The van der Waals surface area contributed by atoms with E-state index in [4.69, 9.17) is 9.47 Å². The van der Waals surface area contributed by atoms with E-state index >= 15 is 0 Å². The van der Waals surface area contributed by atoms with Gasteiger partial charge in [-0.3, -0.25) is 0 Å². The Hall–Kier alpha value is -1.82. The van der Waals surface area contributed by atoms with E-state index in [0.29, 0.717) is 12.3 Å². The smallest absolute Gasteiger partial charge is 0.143 e. The van der Waals surface area contributed by atoms with Crippen molar-refractivity contribution in [3.63, 3.8) is 0 Å². The van der Waals surface area contributed by atoms with E-state index in [2.05, 4.69) is 60.3 Å². The largest absolute Gasteiger partial charge is 0.483 e. The summed E-state index contributed by atoms with van der Waals surface area (Å²) in [7, 11) is 0.0541. The Morgan fingerprint density at radius 2 is 2.00 bits per heavy atom. The molecule has 4 atom stereocenters. The Labute approximate surface area is 199 Å². The molecule has 0 bridgehead atoms. The fourth-order valence-electron chi connectivity index (χ4n) is 5.32. The molecule has 0 aromatic heterocycles. The molecular formula is C28H35NO3S. The zero-order valence-electron chi connectivity index (χ0n) is 19.7. The van der Waals surface area contributed by atoms with Crippen LogP contribution in [0.2, 0.25) is 0 Å². The molecule has 0 radical (unpaired) electrons.